The molecule has 0 amide bonds. The molecule has 0 radical (unpaired) electrons. The monoisotopic (exact) mass is 211 g/mol. The molecule has 5 nitrogen and oxygen atoms in total. The molecule has 0 unspecified atom stereocenters. The van der Waals surface area contributed by atoms with E-state index in [-0.39, 0.29) is 0 Å². The predicted octanol–water partition coefficient (Wildman–Crippen LogP) is 1.22. The van der Waals surface area contributed by atoms with Gasteiger partial charge in [-0.05, 0) is 6.92 Å². The van der Waals surface area contributed by atoms with Crippen LogP contribution in [0.2, 0.25) is 0 Å². The van der Waals surface area contributed by atoms with Gasteiger partial charge in [0.2, 0.25) is 0 Å². The molecule has 2 aromatic rings. The Bertz CT molecular complexity index is 419. The molecule has 0 spiro atoms. The number of alkyl halides is 1. The van der Waals surface area contributed by atoms with Crippen molar-refractivity contribution in [1.82, 2.24) is 24.8 Å². The average molecular weight is 212 g/mol. The van der Waals surface area contributed by atoms with Gasteiger partial charge in [-0.25, -0.2) is 0 Å². The quantitative estimate of drug-likeness (QED) is 0.718. The second-order valence-electron chi connectivity index (χ2n) is 2.80. The Morgan fingerprint density at radius 3 is 3.00 bits per heavy atom. The Morgan fingerprint density at radius 2 is 2.36 bits per heavy atom. The zero-order valence-corrected chi connectivity index (χ0v) is 8.52. The molecule has 0 aliphatic heterocycles. The predicted molar refractivity (Wildman–Crippen MR) is 52.4 cm³/mol. The van der Waals surface area contributed by atoms with Crippen LogP contribution in [0.4, 0.5) is 0 Å². The zero-order valence-electron chi connectivity index (χ0n) is 7.76. The van der Waals surface area contributed by atoms with Crippen molar-refractivity contribution in [2.75, 3.05) is 0 Å². The molecule has 14 heavy (non-hydrogen) atoms. The average Bonchev–Trinajstić information content (AvgIpc) is 2.85. The summed E-state index contributed by atoms with van der Waals surface area (Å²) in [6.07, 6.45) is 3.53. The summed E-state index contributed by atoms with van der Waals surface area (Å²) in [7, 11) is 0. The minimum absolute atomic E-state index is 0.381. The largest absolute Gasteiger partial charge is 0.271 e. The van der Waals surface area contributed by atoms with Crippen molar-refractivity contribution in [3.05, 3.63) is 24.2 Å². The van der Waals surface area contributed by atoms with Crippen LogP contribution in [-0.2, 0) is 12.4 Å². The Morgan fingerprint density at radius 1 is 1.50 bits per heavy atom. The van der Waals surface area contributed by atoms with Crippen LogP contribution in [0.1, 0.15) is 12.6 Å². The van der Waals surface area contributed by atoms with Crippen molar-refractivity contribution in [2.24, 2.45) is 0 Å². The molecule has 0 fully saturated rings. The van der Waals surface area contributed by atoms with Crippen molar-refractivity contribution in [3.8, 4) is 5.82 Å². The van der Waals surface area contributed by atoms with Crippen LogP contribution in [0.15, 0.2) is 18.5 Å². The van der Waals surface area contributed by atoms with E-state index in [1.54, 1.807) is 10.9 Å². The second kappa shape index (κ2) is 3.79. The Labute approximate surface area is 86.3 Å². The third kappa shape index (κ3) is 1.50. The highest BCUT2D eigenvalue weighted by atomic mass is 35.5. The molecule has 2 aromatic heterocycles. The second-order valence-corrected chi connectivity index (χ2v) is 3.07. The van der Waals surface area contributed by atoms with E-state index < -0.39 is 0 Å². The van der Waals surface area contributed by atoms with Crippen LogP contribution < -0.4 is 0 Å². The summed E-state index contributed by atoms with van der Waals surface area (Å²) >= 11 is 5.73. The van der Waals surface area contributed by atoms with Crippen LogP contribution in [0.25, 0.3) is 5.82 Å². The standard InChI is InChI=1S/C8H10ClN5/c1-2-13-4-3-8(11-13)14-7(5-9)6-10-12-14/h3-4,6H,2,5H2,1H3. The van der Waals surface area contributed by atoms with Gasteiger partial charge in [-0.3, -0.25) is 4.68 Å². The molecule has 0 aliphatic rings. The summed E-state index contributed by atoms with van der Waals surface area (Å²) < 4.78 is 3.47. The fraction of sp³-hybridized carbons (Fsp3) is 0.375. The molecular formula is C8H10ClN5. The SMILES string of the molecule is CCn1ccc(-n2nncc2CCl)n1. The van der Waals surface area contributed by atoms with Crippen LogP contribution in [0.3, 0.4) is 0 Å². The first-order chi connectivity index (χ1) is 6.85. The van der Waals surface area contributed by atoms with Gasteiger partial charge in [-0.2, -0.15) is 9.78 Å². The summed E-state index contributed by atoms with van der Waals surface area (Å²) in [4.78, 5) is 0. The van der Waals surface area contributed by atoms with Gasteiger partial charge in [0.05, 0.1) is 17.8 Å². The first kappa shape index (κ1) is 9.21. The van der Waals surface area contributed by atoms with E-state index >= 15 is 0 Å². The van der Waals surface area contributed by atoms with Crippen LogP contribution in [0, 0.1) is 0 Å². The van der Waals surface area contributed by atoms with Gasteiger partial charge < -0.3 is 0 Å². The fourth-order valence-electron chi connectivity index (χ4n) is 1.18. The number of hydrogen-bond donors (Lipinski definition) is 0. The molecule has 0 aromatic carbocycles. The third-order valence-corrected chi connectivity index (χ3v) is 2.20. The first-order valence-electron chi connectivity index (χ1n) is 4.34. The van der Waals surface area contributed by atoms with Crippen molar-refractivity contribution in [3.63, 3.8) is 0 Å². The summed E-state index contributed by atoms with van der Waals surface area (Å²) in [5, 5.41) is 12.0. The van der Waals surface area contributed by atoms with E-state index in [0.717, 1.165) is 18.1 Å². The molecule has 2 rings (SSSR count). The molecule has 0 atom stereocenters. The molecule has 2 heterocycles. The lowest BCUT2D eigenvalue weighted by molar-refractivity contribution is 0.639. The third-order valence-electron chi connectivity index (χ3n) is 1.92. The highest BCUT2D eigenvalue weighted by Gasteiger charge is 2.07. The van der Waals surface area contributed by atoms with Crippen molar-refractivity contribution < 1.29 is 0 Å². The van der Waals surface area contributed by atoms with Gasteiger partial charge >= 0.3 is 0 Å². The number of aromatic nitrogens is 5. The van der Waals surface area contributed by atoms with E-state index in [1.165, 1.54) is 0 Å². The maximum Gasteiger partial charge on any atom is 0.177 e. The first-order valence-corrected chi connectivity index (χ1v) is 4.88. The number of aryl methyl sites for hydroxylation is 1. The van der Waals surface area contributed by atoms with Gasteiger partial charge in [0.15, 0.2) is 5.82 Å². The van der Waals surface area contributed by atoms with Crippen molar-refractivity contribution in [2.45, 2.75) is 19.3 Å². The van der Waals surface area contributed by atoms with Gasteiger partial charge in [-0.15, -0.1) is 16.7 Å². The van der Waals surface area contributed by atoms with E-state index in [1.807, 2.05) is 23.9 Å². The number of halogens is 1. The molecule has 0 saturated carbocycles. The molecule has 0 N–H and O–H groups in total. The molecule has 0 bridgehead atoms. The summed E-state index contributed by atoms with van der Waals surface area (Å²) in [6.45, 7) is 2.87. The molecule has 0 aliphatic carbocycles. The van der Waals surface area contributed by atoms with E-state index in [4.69, 9.17) is 11.6 Å². The Balaban J connectivity index is 2.38. The summed E-state index contributed by atoms with van der Waals surface area (Å²) in [5.41, 5.74) is 0.841. The van der Waals surface area contributed by atoms with Gasteiger partial charge in [0, 0.05) is 18.8 Å². The lowest BCUT2D eigenvalue weighted by Crippen LogP contribution is -2.03. The number of nitrogens with zero attached hydrogens (tertiary/aromatic N) is 5. The molecular weight excluding hydrogens is 202 g/mol. The fourth-order valence-corrected chi connectivity index (χ4v) is 1.36. The summed E-state index contributed by atoms with van der Waals surface area (Å²) in [5.74, 6) is 1.13. The highest BCUT2D eigenvalue weighted by molar-refractivity contribution is 6.16. The maximum absolute atomic E-state index is 5.73. The van der Waals surface area contributed by atoms with Gasteiger partial charge in [0.1, 0.15) is 0 Å². The van der Waals surface area contributed by atoms with Gasteiger partial charge in [0.25, 0.3) is 0 Å². The summed E-state index contributed by atoms with van der Waals surface area (Å²) in [6, 6.07) is 1.88. The minimum atomic E-state index is 0.381. The van der Waals surface area contributed by atoms with Gasteiger partial charge in [-0.1, -0.05) is 5.21 Å². The maximum atomic E-state index is 5.73. The van der Waals surface area contributed by atoms with E-state index in [2.05, 4.69) is 15.4 Å². The normalized spacial score (nSPS) is 10.7. The lowest BCUT2D eigenvalue weighted by atomic mass is 10.5. The number of hydrogen-bond acceptors (Lipinski definition) is 3. The number of rotatable bonds is 3. The molecule has 74 valence electrons. The highest BCUT2D eigenvalue weighted by Crippen LogP contribution is 2.08. The van der Waals surface area contributed by atoms with Crippen LogP contribution in [0.5, 0.6) is 0 Å². The van der Waals surface area contributed by atoms with E-state index in [0.29, 0.717) is 5.88 Å². The van der Waals surface area contributed by atoms with Crippen molar-refractivity contribution >= 4 is 11.6 Å². The van der Waals surface area contributed by atoms with Crippen LogP contribution in [-0.4, -0.2) is 24.8 Å². The molecule has 6 heteroatoms. The minimum Gasteiger partial charge on any atom is -0.271 e. The molecule has 0 saturated heterocycles. The smallest absolute Gasteiger partial charge is 0.177 e. The Hall–Kier alpha value is -1.36. The van der Waals surface area contributed by atoms with Crippen molar-refractivity contribution in [1.29, 1.82) is 0 Å². The Kier molecular flexibility index (Phi) is 2.49. The topological polar surface area (TPSA) is 48.5 Å². The van der Waals surface area contributed by atoms with Crippen LogP contribution >= 0.6 is 11.6 Å². The zero-order chi connectivity index (χ0) is 9.97. The lowest BCUT2D eigenvalue weighted by Gasteiger charge is -1.98. The van der Waals surface area contributed by atoms with E-state index in [9.17, 15) is 0 Å².